The topological polar surface area (TPSA) is 101 Å². The average molecular weight is 313 g/mol. The summed E-state index contributed by atoms with van der Waals surface area (Å²) in [6, 6.07) is 3.67. The van der Waals surface area contributed by atoms with Crippen molar-refractivity contribution in [1.29, 1.82) is 0 Å². The molecule has 0 unspecified atom stereocenters. The van der Waals surface area contributed by atoms with E-state index in [9.17, 15) is 18.5 Å². The highest BCUT2D eigenvalue weighted by atomic mass is 32.2. The molecular weight excluding hydrogens is 294 g/mol. The van der Waals surface area contributed by atoms with Gasteiger partial charge in [-0.15, -0.1) is 0 Å². The highest BCUT2D eigenvalue weighted by molar-refractivity contribution is 7.89. The Hall–Kier alpha value is -1.67. The fourth-order valence-corrected chi connectivity index (χ4v) is 4.02. The Bertz CT molecular complexity index is 666. The molecule has 0 heterocycles. The van der Waals surface area contributed by atoms with E-state index in [0.717, 1.165) is 12.8 Å². The summed E-state index contributed by atoms with van der Waals surface area (Å²) in [6.45, 7) is 3.71. The van der Waals surface area contributed by atoms with Gasteiger partial charge in [-0.2, -0.15) is 0 Å². The van der Waals surface area contributed by atoms with Gasteiger partial charge in [0.15, 0.2) is 0 Å². The molecule has 8 heteroatoms. The zero-order chi connectivity index (χ0) is 15.8. The summed E-state index contributed by atoms with van der Waals surface area (Å²) < 4.78 is 27.7. The van der Waals surface area contributed by atoms with E-state index in [-0.39, 0.29) is 16.3 Å². The highest BCUT2D eigenvalue weighted by Gasteiger charge is 2.41. The van der Waals surface area contributed by atoms with Crippen LogP contribution in [0.3, 0.4) is 0 Å². The smallest absolute Gasteiger partial charge is 0.271 e. The van der Waals surface area contributed by atoms with Crippen molar-refractivity contribution in [1.82, 2.24) is 4.72 Å². The van der Waals surface area contributed by atoms with Crippen LogP contribution in [0, 0.1) is 16.0 Å². The molecule has 0 atom stereocenters. The number of nitro benzene ring substituents is 1. The molecule has 7 nitrogen and oxygen atoms in total. The molecule has 0 radical (unpaired) electrons. The molecule has 0 saturated heterocycles. The van der Waals surface area contributed by atoms with Gasteiger partial charge in [0.2, 0.25) is 10.0 Å². The van der Waals surface area contributed by atoms with Gasteiger partial charge in [-0.3, -0.25) is 10.1 Å². The van der Waals surface area contributed by atoms with Crippen LogP contribution < -0.4 is 10.0 Å². The van der Waals surface area contributed by atoms with Crippen LogP contribution in [0.4, 0.5) is 11.4 Å². The Labute approximate surface area is 123 Å². The van der Waals surface area contributed by atoms with Crippen LogP contribution in [0.2, 0.25) is 0 Å². The predicted octanol–water partition coefficient (Wildman–Crippen LogP) is 2.10. The minimum absolute atomic E-state index is 0.0179. The van der Waals surface area contributed by atoms with Crippen molar-refractivity contribution in [3.05, 3.63) is 28.3 Å². The van der Waals surface area contributed by atoms with Crippen molar-refractivity contribution in [2.24, 2.45) is 5.92 Å². The standard InChI is InChI=1S/C13H19N3O4S/c1-13(2,9-4-5-9)15-21(19,20)12-7-6-10(16(17)18)8-11(12)14-3/h6-9,14-15H,4-5H2,1-3H3. The van der Waals surface area contributed by atoms with Gasteiger partial charge in [-0.25, -0.2) is 13.1 Å². The summed E-state index contributed by atoms with van der Waals surface area (Å²) in [5.41, 5.74) is -0.464. The van der Waals surface area contributed by atoms with E-state index in [2.05, 4.69) is 10.0 Å². The molecule has 116 valence electrons. The lowest BCUT2D eigenvalue weighted by Gasteiger charge is -2.26. The van der Waals surface area contributed by atoms with E-state index in [1.807, 2.05) is 13.8 Å². The molecule has 0 spiro atoms. The zero-order valence-electron chi connectivity index (χ0n) is 12.2. The fourth-order valence-electron chi connectivity index (χ4n) is 2.35. The lowest BCUT2D eigenvalue weighted by Crippen LogP contribution is -2.45. The third kappa shape index (κ3) is 3.33. The second kappa shape index (κ2) is 5.27. The number of nitrogens with zero attached hydrogens (tertiary/aromatic N) is 1. The summed E-state index contributed by atoms with van der Waals surface area (Å²) in [6.07, 6.45) is 2.02. The maximum Gasteiger partial charge on any atom is 0.271 e. The maximum atomic E-state index is 12.5. The molecule has 0 amide bonds. The van der Waals surface area contributed by atoms with E-state index in [1.165, 1.54) is 25.2 Å². The van der Waals surface area contributed by atoms with Crippen LogP contribution in [0.15, 0.2) is 23.1 Å². The highest BCUT2D eigenvalue weighted by Crippen LogP contribution is 2.40. The van der Waals surface area contributed by atoms with Gasteiger partial charge in [0.1, 0.15) is 4.90 Å². The van der Waals surface area contributed by atoms with Gasteiger partial charge < -0.3 is 5.32 Å². The van der Waals surface area contributed by atoms with Crippen LogP contribution in [-0.2, 0) is 10.0 Å². The summed E-state index contributed by atoms with van der Waals surface area (Å²) in [5, 5.41) is 13.5. The molecule has 0 bridgehead atoms. The molecule has 0 aromatic heterocycles. The first-order valence-electron chi connectivity index (χ1n) is 6.67. The molecule has 21 heavy (non-hydrogen) atoms. The first-order valence-corrected chi connectivity index (χ1v) is 8.16. The number of hydrogen-bond acceptors (Lipinski definition) is 5. The Morgan fingerprint density at radius 3 is 2.43 bits per heavy atom. The molecule has 0 aliphatic heterocycles. The summed E-state index contributed by atoms with van der Waals surface area (Å²) >= 11 is 0. The Balaban J connectivity index is 2.37. The number of rotatable bonds is 6. The minimum Gasteiger partial charge on any atom is -0.387 e. The molecule has 2 N–H and O–H groups in total. The number of nitrogens with one attached hydrogen (secondary N) is 2. The van der Waals surface area contributed by atoms with E-state index in [1.54, 1.807) is 0 Å². The predicted molar refractivity (Wildman–Crippen MR) is 79.8 cm³/mol. The van der Waals surface area contributed by atoms with Crippen molar-refractivity contribution < 1.29 is 13.3 Å². The normalized spacial score (nSPS) is 15.8. The van der Waals surface area contributed by atoms with Gasteiger partial charge in [0, 0.05) is 24.7 Å². The Kier molecular flexibility index (Phi) is 3.94. The summed E-state index contributed by atoms with van der Waals surface area (Å²) in [7, 11) is -2.21. The number of anilines is 1. The van der Waals surface area contributed by atoms with Crippen LogP contribution in [-0.4, -0.2) is 25.9 Å². The van der Waals surface area contributed by atoms with Crippen LogP contribution >= 0.6 is 0 Å². The SMILES string of the molecule is CNc1cc([N+](=O)[O-])ccc1S(=O)(=O)NC(C)(C)C1CC1. The lowest BCUT2D eigenvalue weighted by molar-refractivity contribution is -0.384. The van der Waals surface area contributed by atoms with Gasteiger partial charge in [-0.05, 0) is 38.7 Å². The number of hydrogen-bond donors (Lipinski definition) is 2. The van der Waals surface area contributed by atoms with E-state index >= 15 is 0 Å². The van der Waals surface area contributed by atoms with E-state index < -0.39 is 20.5 Å². The van der Waals surface area contributed by atoms with Crippen LogP contribution in [0.5, 0.6) is 0 Å². The third-order valence-electron chi connectivity index (χ3n) is 3.73. The monoisotopic (exact) mass is 313 g/mol. The Morgan fingerprint density at radius 2 is 1.95 bits per heavy atom. The van der Waals surface area contributed by atoms with Crippen molar-refractivity contribution in [2.45, 2.75) is 37.1 Å². The maximum absolute atomic E-state index is 12.5. The lowest BCUT2D eigenvalue weighted by atomic mass is 10.0. The molecule has 1 aliphatic carbocycles. The number of non-ortho nitro benzene ring substituents is 1. The quantitative estimate of drug-likeness (QED) is 0.618. The molecule has 1 aliphatic rings. The number of nitro groups is 1. The summed E-state index contributed by atoms with van der Waals surface area (Å²) in [5.74, 6) is 0.336. The molecule has 1 aromatic rings. The average Bonchev–Trinajstić information content (AvgIpc) is 3.21. The molecule has 1 fully saturated rings. The molecule has 1 saturated carbocycles. The van der Waals surface area contributed by atoms with E-state index in [4.69, 9.17) is 0 Å². The second-order valence-corrected chi connectivity index (χ2v) is 7.44. The fraction of sp³-hybridized carbons (Fsp3) is 0.538. The number of benzene rings is 1. The zero-order valence-corrected chi connectivity index (χ0v) is 13.0. The van der Waals surface area contributed by atoms with Gasteiger partial charge in [0.05, 0.1) is 10.6 Å². The van der Waals surface area contributed by atoms with Gasteiger partial charge in [0.25, 0.3) is 5.69 Å². The van der Waals surface area contributed by atoms with Crippen molar-refractivity contribution in [3.8, 4) is 0 Å². The second-order valence-electron chi connectivity index (χ2n) is 5.79. The Morgan fingerprint density at radius 1 is 1.33 bits per heavy atom. The first-order chi connectivity index (χ1) is 9.67. The number of sulfonamides is 1. The minimum atomic E-state index is -3.74. The van der Waals surface area contributed by atoms with E-state index in [0.29, 0.717) is 5.92 Å². The summed E-state index contributed by atoms with van der Waals surface area (Å²) in [4.78, 5) is 10.2. The van der Waals surface area contributed by atoms with Crippen LogP contribution in [0.1, 0.15) is 26.7 Å². The van der Waals surface area contributed by atoms with Crippen LogP contribution in [0.25, 0.3) is 0 Å². The third-order valence-corrected chi connectivity index (χ3v) is 5.46. The molecular formula is C13H19N3O4S. The van der Waals surface area contributed by atoms with Crippen molar-refractivity contribution in [2.75, 3.05) is 12.4 Å². The van der Waals surface area contributed by atoms with Gasteiger partial charge in [-0.1, -0.05) is 0 Å². The molecule has 1 aromatic carbocycles. The molecule has 2 rings (SSSR count). The van der Waals surface area contributed by atoms with Crippen molar-refractivity contribution in [3.63, 3.8) is 0 Å². The first kappa shape index (κ1) is 15.7. The van der Waals surface area contributed by atoms with Crippen molar-refractivity contribution >= 4 is 21.4 Å². The largest absolute Gasteiger partial charge is 0.387 e. The van der Waals surface area contributed by atoms with Gasteiger partial charge >= 0.3 is 0 Å².